The molecule has 1 amide bonds. The number of hydrogen-bond acceptors (Lipinski definition) is 5. The van der Waals surface area contributed by atoms with Crippen molar-refractivity contribution in [1.29, 1.82) is 0 Å². The predicted octanol–water partition coefficient (Wildman–Crippen LogP) is 5.65. The van der Waals surface area contributed by atoms with Gasteiger partial charge in [0.15, 0.2) is 11.6 Å². The highest BCUT2D eigenvalue weighted by atomic mass is 19.2. The first-order valence-corrected chi connectivity index (χ1v) is 13.1. The van der Waals surface area contributed by atoms with Crippen molar-refractivity contribution in [2.24, 2.45) is 0 Å². The number of carbonyl (C=O) groups is 2. The standard InChI is InChI=1S/C30H25F3N4O4/c31-24-15-26(33)25(32)14-23(24)27-20(17-37(34-27)22-4-2-1-3-5-22)16-35-12-10-30(11-13-35)18-36(29(40)41-30)21-8-6-19(7-9-21)28(38)39/h1-9,14-15,17H,10-13,16,18H2,(H,38,39). The van der Waals surface area contributed by atoms with Gasteiger partial charge in [0.25, 0.3) is 0 Å². The Hall–Kier alpha value is -4.64. The van der Waals surface area contributed by atoms with Gasteiger partial charge in [-0.2, -0.15) is 5.10 Å². The van der Waals surface area contributed by atoms with Crippen molar-refractivity contribution in [2.75, 3.05) is 24.5 Å². The lowest BCUT2D eigenvalue weighted by molar-refractivity contribution is -0.000945. The molecule has 2 fully saturated rings. The van der Waals surface area contributed by atoms with Crippen LogP contribution in [0.4, 0.5) is 23.7 Å². The van der Waals surface area contributed by atoms with E-state index in [-0.39, 0.29) is 16.8 Å². The van der Waals surface area contributed by atoms with E-state index in [1.54, 1.807) is 23.0 Å². The van der Waals surface area contributed by atoms with Gasteiger partial charge in [0.05, 0.1) is 17.8 Å². The van der Waals surface area contributed by atoms with Gasteiger partial charge < -0.3 is 9.84 Å². The first-order chi connectivity index (χ1) is 19.7. The summed E-state index contributed by atoms with van der Waals surface area (Å²) in [5, 5.41) is 13.7. The molecule has 0 atom stereocenters. The fraction of sp³-hybridized carbons (Fsp3) is 0.233. The average Bonchev–Trinajstić information content (AvgIpc) is 3.53. The summed E-state index contributed by atoms with van der Waals surface area (Å²) < 4.78 is 50.0. The Morgan fingerprint density at radius 3 is 2.29 bits per heavy atom. The largest absolute Gasteiger partial charge is 0.478 e. The summed E-state index contributed by atoms with van der Waals surface area (Å²) in [6.07, 6.45) is 2.36. The third-order valence-electron chi connectivity index (χ3n) is 7.63. The molecule has 41 heavy (non-hydrogen) atoms. The molecule has 1 spiro atoms. The van der Waals surface area contributed by atoms with E-state index in [2.05, 4.69) is 10.00 Å². The molecule has 11 heteroatoms. The summed E-state index contributed by atoms with van der Waals surface area (Å²) in [6.45, 7) is 1.83. The number of piperidine rings is 1. The van der Waals surface area contributed by atoms with Crippen molar-refractivity contribution < 1.29 is 32.6 Å². The Labute approximate surface area is 233 Å². The van der Waals surface area contributed by atoms with Gasteiger partial charge in [0.1, 0.15) is 17.1 Å². The molecule has 8 nitrogen and oxygen atoms in total. The number of carboxylic acids is 1. The molecule has 0 saturated carbocycles. The van der Waals surface area contributed by atoms with Crippen LogP contribution in [0.2, 0.25) is 0 Å². The highest BCUT2D eigenvalue weighted by Crippen LogP contribution is 2.37. The minimum absolute atomic E-state index is 0.127. The quantitative estimate of drug-likeness (QED) is 0.306. The van der Waals surface area contributed by atoms with E-state index in [9.17, 15) is 22.8 Å². The maximum atomic E-state index is 14.8. The number of nitrogens with zero attached hydrogens (tertiary/aromatic N) is 4. The molecular formula is C30H25F3N4O4. The van der Waals surface area contributed by atoms with Crippen LogP contribution in [0.1, 0.15) is 28.8 Å². The highest BCUT2D eigenvalue weighted by Gasteiger charge is 2.47. The molecule has 1 N–H and O–H groups in total. The molecule has 6 rings (SSSR count). The highest BCUT2D eigenvalue weighted by molar-refractivity contribution is 5.92. The number of halogens is 3. The summed E-state index contributed by atoms with van der Waals surface area (Å²) in [7, 11) is 0. The fourth-order valence-electron chi connectivity index (χ4n) is 5.39. The first-order valence-electron chi connectivity index (χ1n) is 13.1. The summed E-state index contributed by atoms with van der Waals surface area (Å²) in [4.78, 5) is 27.5. The second-order valence-corrected chi connectivity index (χ2v) is 10.3. The number of amides is 1. The van der Waals surface area contributed by atoms with Crippen LogP contribution in [0.15, 0.2) is 72.9 Å². The van der Waals surface area contributed by atoms with E-state index in [1.165, 1.54) is 17.0 Å². The van der Waals surface area contributed by atoms with Crippen molar-refractivity contribution in [3.63, 3.8) is 0 Å². The molecule has 0 aliphatic carbocycles. The molecule has 2 aliphatic rings. The minimum atomic E-state index is -1.27. The molecule has 0 unspecified atom stereocenters. The number of rotatable bonds is 6. The number of hydrogen-bond donors (Lipinski definition) is 1. The zero-order valence-electron chi connectivity index (χ0n) is 21.8. The molecule has 2 saturated heterocycles. The number of para-hydroxylation sites is 1. The van der Waals surface area contributed by atoms with Crippen LogP contribution in [0, 0.1) is 17.5 Å². The van der Waals surface area contributed by atoms with Crippen molar-refractivity contribution in [3.05, 3.63) is 102 Å². The number of carboxylic acid groups (broad SMARTS) is 1. The van der Waals surface area contributed by atoms with E-state index in [4.69, 9.17) is 9.84 Å². The maximum Gasteiger partial charge on any atom is 0.415 e. The lowest BCUT2D eigenvalue weighted by Crippen LogP contribution is -2.46. The van der Waals surface area contributed by atoms with Gasteiger partial charge in [-0.25, -0.2) is 27.4 Å². The van der Waals surface area contributed by atoms with Crippen LogP contribution < -0.4 is 4.90 Å². The third-order valence-corrected chi connectivity index (χ3v) is 7.63. The van der Waals surface area contributed by atoms with Crippen LogP contribution in [-0.4, -0.2) is 57.1 Å². The van der Waals surface area contributed by atoms with Crippen LogP contribution in [0.5, 0.6) is 0 Å². The molecule has 0 bridgehead atoms. The van der Waals surface area contributed by atoms with Gasteiger partial charge in [-0.1, -0.05) is 18.2 Å². The molecule has 3 heterocycles. The number of aromatic nitrogens is 2. The Morgan fingerprint density at radius 2 is 1.61 bits per heavy atom. The Bertz CT molecular complexity index is 1620. The van der Waals surface area contributed by atoms with Gasteiger partial charge in [0.2, 0.25) is 0 Å². The first kappa shape index (κ1) is 26.6. The minimum Gasteiger partial charge on any atom is -0.478 e. The van der Waals surface area contributed by atoms with Crippen molar-refractivity contribution in [2.45, 2.75) is 25.0 Å². The van der Waals surface area contributed by atoms with Gasteiger partial charge in [0, 0.05) is 61.6 Å². The van der Waals surface area contributed by atoms with E-state index >= 15 is 0 Å². The summed E-state index contributed by atoms with van der Waals surface area (Å²) >= 11 is 0. The Balaban J connectivity index is 1.21. The van der Waals surface area contributed by atoms with Gasteiger partial charge in [-0.3, -0.25) is 9.80 Å². The molecule has 210 valence electrons. The van der Waals surface area contributed by atoms with Crippen LogP contribution in [0.25, 0.3) is 16.9 Å². The summed E-state index contributed by atoms with van der Waals surface area (Å²) in [5.74, 6) is -4.38. The van der Waals surface area contributed by atoms with Gasteiger partial charge in [-0.15, -0.1) is 0 Å². The molecule has 2 aliphatic heterocycles. The SMILES string of the molecule is O=C(O)c1ccc(N2CC3(CCN(Cc4cn(-c5ccccc5)nc4-c4cc(F)c(F)cc4F)CC3)OC2=O)cc1. The van der Waals surface area contributed by atoms with E-state index in [0.29, 0.717) is 56.3 Å². The monoisotopic (exact) mass is 562 g/mol. The van der Waals surface area contributed by atoms with Crippen molar-refractivity contribution in [1.82, 2.24) is 14.7 Å². The lowest BCUT2D eigenvalue weighted by atomic mass is 9.91. The molecule has 0 radical (unpaired) electrons. The molecule has 4 aromatic rings. The summed E-state index contributed by atoms with van der Waals surface area (Å²) in [5.41, 5.74) is 1.45. The Morgan fingerprint density at radius 1 is 0.927 bits per heavy atom. The van der Waals surface area contributed by atoms with Crippen molar-refractivity contribution >= 4 is 17.7 Å². The number of carbonyl (C=O) groups excluding carboxylic acids is 1. The number of benzene rings is 3. The second-order valence-electron chi connectivity index (χ2n) is 10.3. The average molecular weight is 563 g/mol. The topological polar surface area (TPSA) is 87.9 Å². The number of anilines is 1. The molecule has 1 aromatic heterocycles. The fourth-order valence-corrected chi connectivity index (χ4v) is 5.39. The van der Waals surface area contributed by atoms with Crippen LogP contribution in [-0.2, 0) is 11.3 Å². The zero-order chi connectivity index (χ0) is 28.7. The normalized spacial score (nSPS) is 16.8. The van der Waals surface area contributed by atoms with Gasteiger partial charge in [-0.05, 0) is 42.5 Å². The van der Waals surface area contributed by atoms with Crippen molar-refractivity contribution in [3.8, 4) is 16.9 Å². The smallest absolute Gasteiger partial charge is 0.415 e. The van der Waals surface area contributed by atoms with Crippen LogP contribution >= 0.6 is 0 Å². The molecular weight excluding hydrogens is 537 g/mol. The lowest BCUT2D eigenvalue weighted by Gasteiger charge is -2.37. The van der Waals surface area contributed by atoms with Crippen LogP contribution in [0.3, 0.4) is 0 Å². The summed E-state index contributed by atoms with van der Waals surface area (Å²) in [6, 6.07) is 16.6. The Kier molecular flexibility index (Phi) is 6.74. The second kappa shape index (κ2) is 10.4. The third kappa shape index (κ3) is 5.16. The number of aromatic carboxylic acids is 1. The van der Waals surface area contributed by atoms with Gasteiger partial charge >= 0.3 is 12.1 Å². The zero-order valence-corrected chi connectivity index (χ0v) is 21.8. The van der Waals surface area contributed by atoms with E-state index < -0.39 is 35.1 Å². The maximum absolute atomic E-state index is 14.8. The van der Waals surface area contributed by atoms with E-state index in [1.807, 2.05) is 30.3 Å². The number of likely N-dealkylation sites (tertiary alicyclic amines) is 1. The number of ether oxygens (including phenoxy) is 1. The molecule has 3 aromatic carbocycles. The van der Waals surface area contributed by atoms with E-state index in [0.717, 1.165) is 11.8 Å². The predicted molar refractivity (Wildman–Crippen MR) is 143 cm³/mol.